The van der Waals surface area contributed by atoms with Crippen molar-refractivity contribution in [1.82, 2.24) is 0 Å². The van der Waals surface area contributed by atoms with Crippen LogP contribution in [0, 0.1) is 0 Å². The molecule has 0 amide bonds. The van der Waals surface area contributed by atoms with Crippen molar-refractivity contribution in [2.75, 3.05) is 0 Å². The lowest BCUT2D eigenvalue weighted by Crippen LogP contribution is -1.93. The molecule has 2 aromatic rings. The Morgan fingerprint density at radius 3 is 2.29 bits per heavy atom. The van der Waals surface area contributed by atoms with Crippen LogP contribution in [0.2, 0.25) is 0 Å². The van der Waals surface area contributed by atoms with Crippen molar-refractivity contribution < 1.29 is 4.74 Å². The van der Waals surface area contributed by atoms with Gasteiger partial charge in [0.1, 0.15) is 12.2 Å². The molecule has 17 heavy (non-hydrogen) atoms. The van der Waals surface area contributed by atoms with E-state index in [4.69, 9.17) is 4.74 Å². The molecule has 2 aliphatic rings. The first-order valence-electron chi connectivity index (χ1n) is 5.95. The molecule has 0 saturated carbocycles. The number of hydrogen-bond donors (Lipinski definition) is 0. The van der Waals surface area contributed by atoms with Crippen molar-refractivity contribution in [3.63, 3.8) is 0 Å². The lowest BCUT2D eigenvalue weighted by molar-refractivity contribution is 0.0879. The first-order valence-corrected chi connectivity index (χ1v) is 5.95. The van der Waals surface area contributed by atoms with Crippen LogP contribution in [0.1, 0.15) is 23.3 Å². The summed E-state index contributed by atoms with van der Waals surface area (Å²) < 4.78 is 5.82. The highest BCUT2D eigenvalue weighted by atomic mass is 16.5. The van der Waals surface area contributed by atoms with Gasteiger partial charge in [-0.05, 0) is 28.3 Å². The van der Waals surface area contributed by atoms with Crippen LogP contribution in [0.5, 0.6) is 0 Å². The van der Waals surface area contributed by atoms with Gasteiger partial charge in [-0.15, -0.1) is 0 Å². The minimum absolute atomic E-state index is 0.179. The average Bonchev–Trinajstić information content (AvgIpc) is 3.01. The Labute approximate surface area is 100 Å². The molecule has 1 nitrogen and oxygen atoms in total. The minimum atomic E-state index is 0.179. The van der Waals surface area contributed by atoms with Gasteiger partial charge in [-0.1, -0.05) is 54.6 Å². The maximum Gasteiger partial charge on any atom is 0.102 e. The first-order chi connectivity index (χ1) is 8.42. The van der Waals surface area contributed by atoms with Crippen LogP contribution in [0.3, 0.4) is 0 Å². The van der Waals surface area contributed by atoms with Crippen LogP contribution in [-0.2, 0) is 4.74 Å². The number of fused-ring (bicyclic) bond motifs is 5. The zero-order chi connectivity index (χ0) is 11.2. The minimum Gasteiger partial charge on any atom is -0.357 e. The van der Waals surface area contributed by atoms with Gasteiger partial charge in [0.15, 0.2) is 0 Å². The van der Waals surface area contributed by atoms with Crippen molar-refractivity contribution in [3.05, 3.63) is 71.8 Å². The largest absolute Gasteiger partial charge is 0.357 e. The van der Waals surface area contributed by atoms with E-state index in [-0.39, 0.29) is 12.2 Å². The number of hydrogen-bond acceptors (Lipinski definition) is 1. The molecular weight excluding hydrogens is 208 g/mol. The van der Waals surface area contributed by atoms with Gasteiger partial charge in [0.25, 0.3) is 0 Å². The van der Waals surface area contributed by atoms with Gasteiger partial charge in [-0.25, -0.2) is 0 Å². The van der Waals surface area contributed by atoms with Crippen molar-refractivity contribution in [2.24, 2.45) is 0 Å². The molecule has 0 fully saturated rings. The summed E-state index contributed by atoms with van der Waals surface area (Å²) in [6.07, 6.45) is 4.68. The number of rotatable bonds is 1. The van der Waals surface area contributed by atoms with Gasteiger partial charge >= 0.3 is 0 Å². The summed E-state index contributed by atoms with van der Waals surface area (Å²) in [6, 6.07) is 17.1. The van der Waals surface area contributed by atoms with Gasteiger partial charge in [0, 0.05) is 0 Å². The van der Waals surface area contributed by atoms with Gasteiger partial charge in [-0.3, -0.25) is 0 Å². The van der Waals surface area contributed by atoms with E-state index in [1.165, 1.54) is 22.3 Å². The number of benzene rings is 2. The van der Waals surface area contributed by atoms with Crippen LogP contribution >= 0.6 is 0 Å². The molecule has 2 heterocycles. The highest BCUT2D eigenvalue weighted by molar-refractivity contribution is 5.66. The van der Waals surface area contributed by atoms with E-state index < -0.39 is 0 Å². The molecule has 0 radical (unpaired) electrons. The lowest BCUT2D eigenvalue weighted by atomic mass is 9.93. The van der Waals surface area contributed by atoms with E-state index in [1.54, 1.807) is 0 Å². The Bertz CT molecular complexity index is 598. The molecule has 0 aromatic heterocycles. The van der Waals surface area contributed by atoms with Crippen LogP contribution in [0.25, 0.3) is 11.1 Å². The van der Waals surface area contributed by atoms with E-state index in [2.05, 4.69) is 54.6 Å². The molecule has 0 spiro atoms. The molecule has 0 N–H and O–H groups in total. The summed E-state index contributed by atoms with van der Waals surface area (Å²) >= 11 is 0. The first kappa shape index (κ1) is 9.20. The highest BCUT2D eigenvalue weighted by Gasteiger charge is 2.33. The SMILES string of the molecule is C1=CC2OC1c1ccc(-c3ccccc3)cc12. The Hall–Kier alpha value is -1.86. The van der Waals surface area contributed by atoms with E-state index in [9.17, 15) is 0 Å². The fraction of sp³-hybridized carbons (Fsp3) is 0.125. The molecule has 0 aliphatic carbocycles. The molecule has 2 atom stereocenters. The Morgan fingerprint density at radius 1 is 0.706 bits per heavy atom. The smallest absolute Gasteiger partial charge is 0.102 e. The summed E-state index contributed by atoms with van der Waals surface area (Å²) in [7, 11) is 0. The van der Waals surface area contributed by atoms with Crippen LogP contribution < -0.4 is 0 Å². The Kier molecular flexibility index (Phi) is 1.79. The molecule has 2 aliphatic heterocycles. The molecular formula is C16H12O. The molecule has 2 aromatic carbocycles. The zero-order valence-corrected chi connectivity index (χ0v) is 9.34. The monoisotopic (exact) mass is 220 g/mol. The summed E-state index contributed by atoms with van der Waals surface area (Å²) in [4.78, 5) is 0. The molecule has 2 unspecified atom stereocenters. The van der Waals surface area contributed by atoms with E-state index in [0.717, 1.165) is 0 Å². The standard InChI is InChI=1S/C16H12O/c1-2-4-11(5-3-1)12-6-7-13-14(10-12)16-9-8-15(13)17-16/h1-10,15-16H. The van der Waals surface area contributed by atoms with Crippen molar-refractivity contribution in [1.29, 1.82) is 0 Å². The second kappa shape index (κ2) is 3.31. The maximum absolute atomic E-state index is 5.82. The lowest BCUT2D eigenvalue weighted by Gasteiger charge is -2.09. The fourth-order valence-electron chi connectivity index (χ4n) is 2.69. The normalized spacial score (nSPS) is 24.0. The molecule has 0 saturated heterocycles. The Balaban J connectivity index is 1.85. The number of ether oxygens (including phenoxy) is 1. The van der Waals surface area contributed by atoms with E-state index in [1.807, 2.05) is 6.07 Å². The van der Waals surface area contributed by atoms with E-state index >= 15 is 0 Å². The van der Waals surface area contributed by atoms with Crippen molar-refractivity contribution >= 4 is 0 Å². The topological polar surface area (TPSA) is 9.23 Å². The fourth-order valence-corrected chi connectivity index (χ4v) is 2.69. The quantitative estimate of drug-likeness (QED) is 0.659. The third-order valence-electron chi connectivity index (χ3n) is 3.56. The van der Waals surface area contributed by atoms with Crippen molar-refractivity contribution in [2.45, 2.75) is 12.2 Å². The van der Waals surface area contributed by atoms with Crippen LogP contribution in [-0.4, -0.2) is 0 Å². The maximum atomic E-state index is 5.82. The summed E-state index contributed by atoms with van der Waals surface area (Å²) in [5.41, 5.74) is 5.20. The third-order valence-corrected chi connectivity index (χ3v) is 3.56. The zero-order valence-electron chi connectivity index (χ0n) is 9.34. The molecule has 4 rings (SSSR count). The van der Waals surface area contributed by atoms with Gasteiger partial charge in [-0.2, -0.15) is 0 Å². The molecule has 2 bridgehead atoms. The summed E-state index contributed by atoms with van der Waals surface area (Å²) in [6.45, 7) is 0. The van der Waals surface area contributed by atoms with Gasteiger partial charge in [0.05, 0.1) is 0 Å². The predicted molar refractivity (Wildman–Crippen MR) is 67.6 cm³/mol. The second-order valence-electron chi connectivity index (χ2n) is 4.57. The highest BCUT2D eigenvalue weighted by Crippen LogP contribution is 2.46. The predicted octanol–water partition coefficient (Wildman–Crippen LogP) is 4.04. The van der Waals surface area contributed by atoms with Gasteiger partial charge < -0.3 is 4.74 Å². The average molecular weight is 220 g/mol. The summed E-state index contributed by atoms with van der Waals surface area (Å²) in [5.74, 6) is 0. The second-order valence-corrected chi connectivity index (χ2v) is 4.57. The van der Waals surface area contributed by atoms with E-state index in [0.29, 0.717) is 0 Å². The Morgan fingerprint density at radius 2 is 1.47 bits per heavy atom. The third kappa shape index (κ3) is 1.29. The summed E-state index contributed by atoms with van der Waals surface area (Å²) in [5, 5.41) is 0. The van der Waals surface area contributed by atoms with Crippen LogP contribution in [0.4, 0.5) is 0 Å². The molecule has 82 valence electrons. The van der Waals surface area contributed by atoms with Gasteiger partial charge in [0.2, 0.25) is 0 Å². The van der Waals surface area contributed by atoms with Crippen LogP contribution in [0.15, 0.2) is 60.7 Å². The molecule has 1 heteroatoms. The van der Waals surface area contributed by atoms with Crippen molar-refractivity contribution in [3.8, 4) is 11.1 Å².